The maximum absolute atomic E-state index is 6.31. The molecule has 6 heteroatoms. The molecule has 0 heterocycles. The van der Waals surface area contributed by atoms with E-state index in [0.717, 1.165) is 55.4 Å². The Morgan fingerprint density at radius 2 is 1.93 bits per heavy atom. The van der Waals surface area contributed by atoms with Gasteiger partial charge in [-0.25, -0.2) is 0 Å². The van der Waals surface area contributed by atoms with Gasteiger partial charge in [-0.15, -0.1) is 0 Å². The topological polar surface area (TPSA) is 64.1 Å². The van der Waals surface area contributed by atoms with Gasteiger partial charge in [-0.1, -0.05) is 6.42 Å². The van der Waals surface area contributed by atoms with Gasteiger partial charge in [0, 0.05) is 45.5 Å². The van der Waals surface area contributed by atoms with Crippen LogP contribution in [0.15, 0.2) is 23.2 Å². The van der Waals surface area contributed by atoms with Crippen LogP contribution in [0.5, 0.6) is 11.5 Å². The number of aliphatic imine (C=N–C) groups is 1. The highest BCUT2D eigenvalue weighted by Gasteiger charge is 2.36. The number of hydrogen-bond acceptors (Lipinski definition) is 4. The Morgan fingerprint density at radius 1 is 1.14 bits per heavy atom. The number of nitrogens with zero attached hydrogens (tertiary/aromatic N) is 1. The fraction of sp³-hybridized carbons (Fsp3) is 0.696. The van der Waals surface area contributed by atoms with Crippen LogP contribution in [0.4, 0.5) is 0 Å². The van der Waals surface area contributed by atoms with Gasteiger partial charge in [-0.05, 0) is 62.5 Å². The van der Waals surface area contributed by atoms with Crippen molar-refractivity contribution in [3.63, 3.8) is 0 Å². The normalized spacial score (nSPS) is 18.9. The van der Waals surface area contributed by atoms with Gasteiger partial charge >= 0.3 is 0 Å². The summed E-state index contributed by atoms with van der Waals surface area (Å²) in [6, 6.07) is 6.07. The van der Waals surface area contributed by atoms with Gasteiger partial charge in [0.15, 0.2) is 5.96 Å². The summed E-state index contributed by atoms with van der Waals surface area (Å²) in [6.45, 7) is 2.42. The van der Waals surface area contributed by atoms with E-state index in [1.165, 1.54) is 32.1 Å². The van der Waals surface area contributed by atoms with Crippen LogP contribution < -0.4 is 20.1 Å². The van der Waals surface area contributed by atoms with Gasteiger partial charge in [0.1, 0.15) is 11.5 Å². The first-order valence-corrected chi connectivity index (χ1v) is 10.9. The average molecular weight is 404 g/mol. The molecule has 0 aliphatic heterocycles. The van der Waals surface area contributed by atoms with Crippen LogP contribution >= 0.6 is 0 Å². The molecule has 1 aromatic rings. The van der Waals surface area contributed by atoms with Crippen molar-refractivity contribution in [1.29, 1.82) is 0 Å². The lowest BCUT2D eigenvalue weighted by atomic mass is 9.67. The number of ether oxygens (including phenoxy) is 3. The number of nitrogens with one attached hydrogen (secondary N) is 2. The third kappa shape index (κ3) is 6.01. The highest BCUT2D eigenvalue weighted by atomic mass is 16.5. The maximum atomic E-state index is 6.31. The van der Waals surface area contributed by atoms with Crippen LogP contribution in [0.2, 0.25) is 0 Å². The largest absolute Gasteiger partial charge is 0.497 e. The monoisotopic (exact) mass is 403 g/mol. The van der Waals surface area contributed by atoms with Gasteiger partial charge < -0.3 is 24.8 Å². The van der Waals surface area contributed by atoms with E-state index in [1.54, 1.807) is 14.2 Å². The second-order valence-electron chi connectivity index (χ2n) is 8.37. The predicted octanol–water partition coefficient (Wildman–Crippen LogP) is 3.89. The lowest BCUT2D eigenvalue weighted by Crippen LogP contribution is -2.46. The molecule has 2 aliphatic rings. The van der Waals surface area contributed by atoms with E-state index in [2.05, 4.69) is 21.7 Å². The first-order chi connectivity index (χ1) is 14.2. The van der Waals surface area contributed by atoms with Crippen LogP contribution in [0.25, 0.3) is 0 Å². The van der Waals surface area contributed by atoms with E-state index in [4.69, 9.17) is 14.2 Å². The molecular weight excluding hydrogens is 366 g/mol. The fourth-order valence-electron chi connectivity index (χ4n) is 4.28. The van der Waals surface area contributed by atoms with Crippen molar-refractivity contribution in [2.75, 3.05) is 34.4 Å². The lowest BCUT2D eigenvalue weighted by Gasteiger charge is -2.42. The number of methoxy groups -OCH3 is 2. The third-order valence-electron chi connectivity index (χ3n) is 6.42. The predicted molar refractivity (Wildman–Crippen MR) is 117 cm³/mol. The van der Waals surface area contributed by atoms with Crippen LogP contribution in [-0.4, -0.2) is 46.5 Å². The van der Waals surface area contributed by atoms with Gasteiger partial charge in [0.25, 0.3) is 0 Å². The standard InChI is InChI=1S/C23H37N3O3/c1-24-22(26-17-23(11-6-12-23)13-14-27-2)25-16-18-9-10-20(28-3)15-21(18)29-19-7-4-5-8-19/h9-10,15,19H,4-8,11-14,16-17H2,1-3H3,(H2,24,25,26). The second-order valence-corrected chi connectivity index (χ2v) is 8.37. The van der Waals surface area contributed by atoms with Crippen molar-refractivity contribution < 1.29 is 14.2 Å². The SMILES string of the molecule is CN=C(NCc1ccc(OC)cc1OC1CCCC1)NCC1(CCOC)CCC1. The van der Waals surface area contributed by atoms with Crippen LogP contribution in [0.1, 0.15) is 56.9 Å². The number of guanidine groups is 1. The summed E-state index contributed by atoms with van der Waals surface area (Å²) >= 11 is 0. The van der Waals surface area contributed by atoms with Crippen molar-refractivity contribution in [3.8, 4) is 11.5 Å². The lowest BCUT2D eigenvalue weighted by molar-refractivity contribution is 0.0732. The summed E-state index contributed by atoms with van der Waals surface area (Å²) in [5.74, 6) is 2.57. The molecule has 0 bridgehead atoms. The van der Waals surface area contributed by atoms with Gasteiger partial charge in [-0.2, -0.15) is 0 Å². The molecule has 2 N–H and O–H groups in total. The van der Waals surface area contributed by atoms with Crippen molar-refractivity contribution in [2.24, 2.45) is 10.4 Å². The molecule has 162 valence electrons. The molecule has 0 amide bonds. The zero-order valence-corrected chi connectivity index (χ0v) is 18.3. The molecule has 0 saturated heterocycles. The summed E-state index contributed by atoms with van der Waals surface area (Å²) in [5.41, 5.74) is 1.48. The molecular formula is C23H37N3O3. The molecule has 2 aliphatic carbocycles. The Labute approximate surface area is 175 Å². The summed E-state index contributed by atoms with van der Waals surface area (Å²) in [4.78, 5) is 4.41. The quantitative estimate of drug-likeness (QED) is 0.458. The van der Waals surface area contributed by atoms with Gasteiger partial charge in [0.05, 0.1) is 13.2 Å². The Kier molecular flexibility index (Phi) is 8.04. The van der Waals surface area contributed by atoms with E-state index < -0.39 is 0 Å². The smallest absolute Gasteiger partial charge is 0.191 e. The highest BCUT2D eigenvalue weighted by molar-refractivity contribution is 5.79. The highest BCUT2D eigenvalue weighted by Crippen LogP contribution is 2.43. The molecule has 29 heavy (non-hydrogen) atoms. The van der Waals surface area contributed by atoms with E-state index in [-0.39, 0.29) is 0 Å². The molecule has 0 atom stereocenters. The van der Waals surface area contributed by atoms with Crippen molar-refractivity contribution in [3.05, 3.63) is 23.8 Å². The van der Waals surface area contributed by atoms with E-state index in [9.17, 15) is 0 Å². The molecule has 6 nitrogen and oxygen atoms in total. The summed E-state index contributed by atoms with van der Waals surface area (Å²) < 4.78 is 17.0. The van der Waals surface area contributed by atoms with Crippen LogP contribution in [0.3, 0.4) is 0 Å². The summed E-state index contributed by atoms with van der Waals surface area (Å²) in [5, 5.41) is 6.98. The number of rotatable bonds is 10. The van der Waals surface area contributed by atoms with Crippen LogP contribution in [0, 0.1) is 5.41 Å². The first kappa shape index (κ1) is 21.8. The average Bonchev–Trinajstić information content (AvgIpc) is 3.22. The Morgan fingerprint density at radius 3 is 2.55 bits per heavy atom. The minimum Gasteiger partial charge on any atom is -0.497 e. The number of hydrogen-bond donors (Lipinski definition) is 2. The zero-order chi connectivity index (χ0) is 20.5. The Bertz CT molecular complexity index is 667. The summed E-state index contributed by atoms with van der Waals surface area (Å²) in [7, 11) is 5.29. The molecule has 2 saturated carbocycles. The Balaban J connectivity index is 1.57. The minimum absolute atomic E-state index is 0.317. The minimum atomic E-state index is 0.317. The Hall–Kier alpha value is -1.95. The molecule has 0 spiro atoms. The van der Waals surface area contributed by atoms with E-state index in [0.29, 0.717) is 18.1 Å². The molecule has 2 fully saturated rings. The van der Waals surface area contributed by atoms with Crippen molar-refractivity contribution >= 4 is 5.96 Å². The van der Waals surface area contributed by atoms with E-state index >= 15 is 0 Å². The summed E-state index contributed by atoms with van der Waals surface area (Å²) in [6.07, 6.45) is 10.0. The molecule has 0 unspecified atom stereocenters. The zero-order valence-electron chi connectivity index (χ0n) is 18.3. The van der Waals surface area contributed by atoms with Gasteiger partial charge in [0.2, 0.25) is 0 Å². The first-order valence-electron chi connectivity index (χ1n) is 10.9. The maximum Gasteiger partial charge on any atom is 0.191 e. The van der Waals surface area contributed by atoms with Gasteiger partial charge in [-0.3, -0.25) is 4.99 Å². The van der Waals surface area contributed by atoms with Crippen LogP contribution in [-0.2, 0) is 11.3 Å². The second kappa shape index (κ2) is 10.7. The van der Waals surface area contributed by atoms with E-state index in [1.807, 2.05) is 19.2 Å². The third-order valence-corrected chi connectivity index (χ3v) is 6.42. The molecule has 1 aromatic carbocycles. The molecule has 3 rings (SSSR count). The fourth-order valence-corrected chi connectivity index (χ4v) is 4.28. The number of benzene rings is 1. The van der Waals surface area contributed by atoms with Crippen molar-refractivity contribution in [2.45, 2.75) is 64.0 Å². The molecule has 0 radical (unpaired) electrons. The molecule has 0 aromatic heterocycles. The van der Waals surface area contributed by atoms with Crippen molar-refractivity contribution in [1.82, 2.24) is 10.6 Å².